The first-order valence-electron chi connectivity index (χ1n) is 5.98. The molecule has 1 heterocycles. The minimum absolute atomic E-state index is 0.163. The number of hydrogen-bond donors (Lipinski definition) is 1. The highest BCUT2D eigenvalue weighted by molar-refractivity contribution is 6.06. The largest absolute Gasteiger partial charge is 0.480 e. The Bertz CT molecular complexity index is 575. The normalized spacial score (nSPS) is 19.4. The van der Waals surface area contributed by atoms with Crippen molar-refractivity contribution in [2.45, 2.75) is 13.0 Å². The number of carboxylic acids is 1. The van der Waals surface area contributed by atoms with Crippen LogP contribution in [0.15, 0.2) is 24.3 Å². The Kier molecular flexibility index (Phi) is 3.69. The second-order valence-electron chi connectivity index (χ2n) is 4.50. The van der Waals surface area contributed by atoms with Gasteiger partial charge in [0, 0.05) is 5.69 Å². The van der Waals surface area contributed by atoms with Gasteiger partial charge < -0.3 is 10.0 Å². The van der Waals surface area contributed by atoms with Crippen molar-refractivity contribution in [2.75, 3.05) is 18.0 Å². The zero-order chi connectivity index (χ0) is 14.9. The second-order valence-corrected chi connectivity index (χ2v) is 4.50. The topological polar surface area (TPSA) is 77.9 Å². The van der Waals surface area contributed by atoms with Crippen LogP contribution in [-0.2, 0) is 14.4 Å². The number of benzene rings is 1. The van der Waals surface area contributed by atoms with Crippen molar-refractivity contribution in [1.29, 1.82) is 0 Å². The van der Waals surface area contributed by atoms with Gasteiger partial charge in [-0.3, -0.25) is 19.3 Å². The van der Waals surface area contributed by atoms with E-state index >= 15 is 0 Å². The molecule has 1 aromatic rings. The van der Waals surface area contributed by atoms with Crippen molar-refractivity contribution >= 4 is 23.5 Å². The number of rotatable bonds is 3. The quantitative estimate of drug-likeness (QED) is 0.815. The van der Waals surface area contributed by atoms with E-state index in [2.05, 4.69) is 0 Å². The van der Waals surface area contributed by atoms with Crippen LogP contribution in [0.1, 0.15) is 6.92 Å². The summed E-state index contributed by atoms with van der Waals surface area (Å²) in [6.07, 6.45) is 0. The summed E-state index contributed by atoms with van der Waals surface area (Å²) in [7, 11) is 0. The first-order valence-corrected chi connectivity index (χ1v) is 5.98. The van der Waals surface area contributed by atoms with Crippen LogP contribution in [-0.4, -0.2) is 46.9 Å². The lowest BCUT2D eigenvalue weighted by atomic mass is 10.1. The maximum absolute atomic E-state index is 13.2. The van der Waals surface area contributed by atoms with Crippen LogP contribution in [0.4, 0.5) is 10.1 Å². The van der Waals surface area contributed by atoms with Crippen molar-refractivity contribution in [3.05, 3.63) is 30.1 Å². The number of hydrogen-bond acceptors (Lipinski definition) is 4. The molecule has 6 nitrogen and oxygen atoms in total. The van der Waals surface area contributed by atoms with Crippen LogP contribution in [0.25, 0.3) is 0 Å². The van der Waals surface area contributed by atoms with Crippen LogP contribution >= 0.6 is 0 Å². The summed E-state index contributed by atoms with van der Waals surface area (Å²) in [4.78, 5) is 36.7. The Labute approximate surface area is 114 Å². The van der Waals surface area contributed by atoms with E-state index in [0.29, 0.717) is 10.6 Å². The maximum atomic E-state index is 13.2. The van der Waals surface area contributed by atoms with Crippen LogP contribution < -0.4 is 4.90 Å². The molecule has 2 rings (SSSR count). The molecule has 2 amide bonds. The Hall–Kier alpha value is -2.44. The molecule has 1 aliphatic heterocycles. The molecule has 0 radical (unpaired) electrons. The third kappa shape index (κ3) is 2.61. The number of carbonyl (C=O) groups is 3. The number of aliphatic carboxylic acids is 1. The van der Waals surface area contributed by atoms with Gasteiger partial charge in [-0.25, -0.2) is 4.39 Å². The molecule has 1 unspecified atom stereocenters. The van der Waals surface area contributed by atoms with Crippen molar-refractivity contribution in [1.82, 2.24) is 4.90 Å². The number of piperazine rings is 1. The van der Waals surface area contributed by atoms with Gasteiger partial charge in [0.15, 0.2) is 0 Å². The molecular formula is C13H13FN2O4. The third-order valence-corrected chi connectivity index (χ3v) is 3.13. The van der Waals surface area contributed by atoms with Crippen LogP contribution in [0.2, 0.25) is 0 Å². The summed E-state index contributed by atoms with van der Waals surface area (Å²) in [5.41, 5.74) is 0.411. The van der Waals surface area contributed by atoms with Crippen LogP contribution in [0.3, 0.4) is 0 Å². The van der Waals surface area contributed by atoms with Gasteiger partial charge in [-0.05, 0) is 25.1 Å². The fourth-order valence-electron chi connectivity index (χ4n) is 2.12. The Morgan fingerprint density at radius 3 is 2.75 bits per heavy atom. The molecule has 20 heavy (non-hydrogen) atoms. The summed E-state index contributed by atoms with van der Waals surface area (Å²) >= 11 is 0. The predicted octanol–water partition coefficient (Wildman–Crippen LogP) is 0.474. The Morgan fingerprint density at radius 1 is 1.45 bits per heavy atom. The molecule has 0 spiro atoms. The van der Waals surface area contributed by atoms with Gasteiger partial charge in [0.2, 0.25) is 5.91 Å². The molecule has 1 fully saturated rings. The first kappa shape index (κ1) is 14.0. The van der Waals surface area contributed by atoms with Gasteiger partial charge in [-0.15, -0.1) is 0 Å². The van der Waals surface area contributed by atoms with Crippen molar-refractivity contribution < 1.29 is 23.9 Å². The van der Waals surface area contributed by atoms with E-state index in [0.717, 1.165) is 0 Å². The molecule has 0 saturated carbocycles. The fraction of sp³-hybridized carbons (Fsp3) is 0.308. The standard InChI is InChI=1S/C13H13FN2O4/c1-8-13(20)16(7-12(18)19)11(17)6-15(8)10-4-2-3-9(14)5-10/h2-5,8H,6-7H2,1H3,(H,18,19). The van der Waals surface area contributed by atoms with Gasteiger partial charge in [-0.1, -0.05) is 6.07 Å². The molecular weight excluding hydrogens is 267 g/mol. The molecule has 1 aromatic carbocycles. The molecule has 0 bridgehead atoms. The minimum atomic E-state index is -1.25. The van der Waals surface area contributed by atoms with E-state index < -0.39 is 36.2 Å². The molecule has 0 aliphatic carbocycles. The van der Waals surface area contributed by atoms with Gasteiger partial charge in [0.05, 0.1) is 6.54 Å². The van der Waals surface area contributed by atoms with E-state index in [-0.39, 0.29) is 6.54 Å². The van der Waals surface area contributed by atoms with Crippen LogP contribution in [0.5, 0.6) is 0 Å². The van der Waals surface area contributed by atoms with Gasteiger partial charge in [0.25, 0.3) is 5.91 Å². The van der Waals surface area contributed by atoms with Gasteiger partial charge >= 0.3 is 5.97 Å². The molecule has 1 N–H and O–H groups in total. The summed E-state index contributed by atoms with van der Waals surface area (Å²) < 4.78 is 13.2. The number of amides is 2. The highest BCUT2D eigenvalue weighted by Gasteiger charge is 2.38. The summed E-state index contributed by atoms with van der Waals surface area (Å²) in [5.74, 6) is -2.94. The second kappa shape index (κ2) is 5.28. The van der Waals surface area contributed by atoms with Crippen molar-refractivity contribution in [3.63, 3.8) is 0 Å². The van der Waals surface area contributed by atoms with Gasteiger partial charge in [-0.2, -0.15) is 0 Å². The Morgan fingerprint density at radius 2 is 2.15 bits per heavy atom. The summed E-state index contributed by atoms with van der Waals surface area (Å²) in [6, 6.07) is 4.83. The zero-order valence-electron chi connectivity index (χ0n) is 10.7. The SMILES string of the molecule is CC1C(=O)N(CC(=O)O)C(=O)CN1c1cccc(F)c1. The fourth-order valence-corrected chi connectivity index (χ4v) is 2.12. The predicted molar refractivity (Wildman–Crippen MR) is 67.6 cm³/mol. The molecule has 1 saturated heterocycles. The monoisotopic (exact) mass is 280 g/mol. The lowest BCUT2D eigenvalue weighted by Crippen LogP contribution is -2.60. The number of carbonyl (C=O) groups excluding carboxylic acids is 2. The smallest absolute Gasteiger partial charge is 0.323 e. The highest BCUT2D eigenvalue weighted by Crippen LogP contribution is 2.22. The Balaban J connectivity index is 2.26. The van der Waals surface area contributed by atoms with E-state index in [1.807, 2.05) is 0 Å². The number of carboxylic acid groups (broad SMARTS) is 1. The molecule has 1 aliphatic rings. The zero-order valence-corrected chi connectivity index (χ0v) is 10.7. The van der Waals surface area contributed by atoms with Crippen LogP contribution in [0, 0.1) is 5.82 Å². The number of anilines is 1. The molecule has 106 valence electrons. The minimum Gasteiger partial charge on any atom is -0.480 e. The van der Waals surface area contributed by atoms with E-state index in [1.165, 1.54) is 23.1 Å². The first-order chi connectivity index (χ1) is 9.40. The number of imide groups is 1. The van der Waals surface area contributed by atoms with E-state index in [4.69, 9.17) is 5.11 Å². The molecule has 1 atom stereocenters. The van der Waals surface area contributed by atoms with Gasteiger partial charge in [0.1, 0.15) is 18.4 Å². The van der Waals surface area contributed by atoms with Crippen molar-refractivity contribution in [2.24, 2.45) is 0 Å². The lowest BCUT2D eigenvalue weighted by Gasteiger charge is -2.38. The number of nitrogens with zero attached hydrogens (tertiary/aromatic N) is 2. The summed E-state index contributed by atoms with van der Waals surface area (Å²) in [6.45, 7) is 0.733. The molecule has 0 aromatic heterocycles. The van der Waals surface area contributed by atoms with E-state index in [9.17, 15) is 18.8 Å². The van der Waals surface area contributed by atoms with Crippen molar-refractivity contribution in [3.8, 4) is 0 Å². The average molecular weight is 280 g/mol. The highest BCUT2D eigenvalue weighted by atomic mass is 19.1. The average Bonchev–Trinajstić information content (AvgIpc) is 2.38. The summed E-state index contributed by atoms with van der Waals surface area (Å²) in [5, 5.41) is 8.70. The maximum Gasteiger partial charge on any atom is 0.323 e. The number of halogens is 1. The third-order valence-electron chi connectivity index (χ3n) is 3.13. The lowest BCUT2D eigenvalue weighted by molar-refractivity contribution is -0.154. The van der Waals surface area contributed by atoms with E-state index in [1.54, 1.807) is 13.0 Å². The molecule has 7 heteroatoms.